The lowest BCUT2D eigenvalue weighted by molar-refractivity contribution is 1.07. The highest BCUT2D eigenvalue weighted by molar-refractivity contribution is 7.26. The van der Waals surface area contributed by atoms with E-state index in [1.54, 1.807) is 11.3 Å². The molecule has 10 aromatic rings. The molecule has 10 rings (SSSR count). The molecule has 0 aliphatic carbocycles. The summed E-state index contributed by atoms with van der Waals surface area (Å²) in [5.41, 5.74) is 6.59. The molecule has 5 heteroatoms. The maximum absolute atomic E-state index is 8.84. The van der Waals surface area contributed by atoms with Crippen LogP contribution in [0.4, 0.5) is 0 Å². The molecule has 4 nitrogen and oxygen atoms in total. The monoisotopic (exact) mass is 661 g/mol. The van der Waals surface area contributed by atoms with Crippen LogP contribution in [-0.2, 0) is 0 Å². The van der Waals surface area contributed by atoms with Crippen LogP contribution in [0.15, 0.2) is 170 Å². The van der Waals surface area contributed by atoms with Gasteiger partial charge in [0.25, 0.3) is 0 Å². The number of fused-ring (bicyclic) bond motifs is 6. The predicted octanol–water partition coefficient (Wildman–Crippen LogP) is 12.0. The lowest BCUT2D eigenvalue weighted by atomic mass is 9.98. The van der Waals surface area contributed by atoms with E-state index >= 15 is 0 Å². The number of nitrogens with zero attached hydrogens (tertiary/aromatic N) is 4. The molecule has 0 amide bonds. The Morgan fingerprint density at radius 1 is 0.480 bits per heavy atom. The van der Waals surface area contributed by atoms with Crippen molar-refractivity contribution in [3.63, 3.8) is 0 Å². The summed E-state index contributed by atoms with van der Waals surface area (Å²) < 4.78 is 47.1. The number of rotatable bonds is 5. The maximum Gasteiger partial charge on any atom is 0.165 e. The van der Waals surface area contributed by atoms with E-state index in [9.17, 15) is 0 Å². The van der Waals surface area contributed by atoms with Crippen LogP contribution in [-0.4, -0.2) is 19.5 Å². The van der Waals surface area contributed by atoms with Gasteiger partial charge in [-0.25, -0.2) is 15.0 Å². The normalized spacial score (nSPS) is 13.0. The van der Waals surface area contributed by atoms with Gasteiger partial charge in [0.1, 0.15) is 0 Å². The zero-order chi connectivity index (χ0) is 37.4. The molecule has 3 heterocycles. The number of thiophene rings is 1. The Morgan fingerprint density at radius 2 is 1.08 bits per heavy atom. The maximum atomic E-state index is 8.84. The first kappa shape index (κ1) is 23.8. The Labute approximate surface area is 299 Å². The lowest BCUT2D eigenvalue weighted by Gasteiger charge is -2.13. The van der Waals surface area contributed by atoms with Gasteiger partial charge < -0.3 is 4.57 Å². The first-order valence-corrected chi connectivity index (χ1v) is 17.1. The molecular formula is C45H28N4S. The molecule has 0 aliphatic rings. The zero-order valence-corrected chi connectivity index (χ0v) is 27.3. The third kappa shape index (κ3) is 4.63. The summed E-state index contributed by atoms with van der Waals surface area (Å²) in [6.07, 6.45) is 0. The highest BCUT2D eigenvalue weighted by atomic mass is 32.1. The van der Waals surface area contributed by atoms with Crippen molar-refractivity contribution in [2.75, 3.05) is 0 Å². The van der Waals surface area contributed by atoms with E-state index in [0.29, 0.717) is 17.2 Å². The Kier molecular flexibility index (Phi) is 5.54. The van der Waals surface area contributed by atoms with E-state index < -0.39 is 18.1 Å². The molecule has 0 spiro atoms. The van der Waals surface area contributed by atoms with Crippen LogP contribution in [0, 0.1) is 0 Å². The van der Waals surface area contributed by atoms with E-state index in [4.69, 9.17) is 21.8 Å². The molecule has 0 radical (unpaired) electrons. The van der Waals surface area contributed by atoms with Crippen LogP contribution in [0.25, 0.3) is 93.0 Å². The first-order chi connectivity index (χ1) is 26.9. The number of benzene rings is 7. The second-order valence-corrected chi connectivity index (χ2v) is 13.1. The molecule has 3 aromatic heterocycles. The van der Waals surface area contributed by atoms with Crippen molar-refractivity contribution in [2.45, 2.75) is 0 Å². The quantitative estimate of drug-likeness (QED) is 0.184. The Hall–Kier alpha value is -6.43. The Balaban J connectivity index is 1.35. The first-order valence-electron chi connectivity index (χ1n) is 18.8. The van der Waals surface area contributed by atoms with Gasteiger partial charge in [0, 0.05) is 53.3 Å². The molecule has 7 aromatic carbocycles. The van der Waals surface area contributed by atoms with Crippen LogP contribution in [0.2, 0.25) is 0 Å². The molecule has 0 saturated carbocycles. The van der Waals surface area contributed by atoms with Gasteiger partial charge in [-0.1, -0.05) is 139 Å². The van der Waals surface area contributed by atoms with Gasteiger partial charge >= 0.3 is 0 Å². The van der Waals surface area contributed by atoms with E-state index in [-0.39, 0.29) is 23.5 Å². The fraction of sp³-hybridized carbons (Fsp3) is 0. The third-order valence-electron chi connectivity index (χ3n) is 9.14. The fourth-order valence-electron chi connectivity index (χ4n) is 6.95. The highest BCUT2D eigenvalue weighted by Gasteiger charge is 2.21. The summed E-state index contributed by atoms with van der Waals surface area (Å²) in [5, 5.41) is 4.41. The Morgan fingerprint density at radius 3 is 1.78 bits per heavy atom. The average molecular weight is 662 g/mol. The minimum atomic E-state index is -0.476. The van der Waals surface area contributed by atoms with Crippen molar-refractivity contribution in [3.8, 4) is 51.0 Å². The molecule has 0 fully saturated rings. The number of aromatic nitrogens is 4. The van der Waals surface area contributed by atoms with Crippen LogP contribution in [0.3, 0.4) is 0 Å². The van der Waals surface area contributed by atoms with E-state index in [1.165, 1.54) is 0 Å². The topological polar surface area (TPSA) is 43.6 Å². The van der Waals surface area contributed by atoms with Crippen LogP contribution < -0.4 is 0 Å². The second-order valence-electron chi connectivity index (χ2n) is 12.1. The van der Waals surface area contributed by atoms with Crippen LogP contribution >= 0.6 is 11.3 Å². The minimum absolute atomic E-state index is 0.00218. The summed E-state index contributed by atoms with van der Waals surface area (Å²) in [5.74, 6) is 0.660. The van der Waals surface area contributed by atoms with Gasteiger partial charge in [0.15, 0.2) is 17.5 Å². The molecule has 234 valence electrons. The van der Waals surface area contributed by atoms with Crippen molar-refractivity contribution in [1.82, 2.24) is 19.5 Å². The molecule has 0 saturated heterocycles. The molecule has 0 atom stereocenters. The zero-order valence-electron chi connectivity index (χ0n) is 31.5. The minimum Gasteiger partial charge on any atom is -0.309 e. The smallest absolute Gasteiger partial charge is 0.165 e. The number of hydrogen-bond donors (Lipinski definition) is 0. The van der Waals surface area contributed by atoms with Gasteiger partial charge in [-0.2, -0.15) is 0 Å². The fourth-order valence-corrected chi connectivity index (χ4v) is 8.17. The third-order valence-corrected chi connectivity index (χ3v) is 10.3. The van der Waals surface area contributed by atoms with Crippen molar-refractivity contribution >= 4 is 53.3 Å². The van der Waals surface area contributed by atoms with Crippen molar-refractivity contribution in [1.29, 1.82) is 0 Å². The van der Waals surface area contributed by atoms with Crippen molar-refractivity contribution < 1.29 is 6.85 Å². The molecule has 0 aliphatic heterocycles. The molecule has 0 bridgehead atoms. The molecule has 0 N–H and O–H groups in total. The van der Waals surface area contributed by atoms with E-state index in [2.05, 4.69) is 95.6 Å². The summed E-state index contributed by atoms with van der Waals surface area (Å²) in [4.78, 5) is 14.9. The second kappa shape index (κ2) is 11.6. The Bertz CT molecular complexity index is 3080. The molecule has 50 heavy (non-hydrogen) atoms. The average Bonchev–Trinajstić information content (AvgIpc) is 3.78. The standard InChI is InChI=1S/C45H28N4S/c1-4-15-29(16-5-1)33-23-14-26-40-41(33)36-27-32(49-38-24-12-10-21-34(38)35-22-11-13-25-39(35)49)28-37(42(36)50-40)45-47-43(30-17-6-2-7-18-30)46-44(48-45)31-19-8-3-9-20-31/h1-28H/i2D,6D,7D,17D,18D. The van der Waals surface area contributed by atoms with Crippen LogP contribution in [0.5, 0.6) is 0 Å². The van der Waals surface area contributed by atoms with Crippen molar-refractivity contribution in [3.05, 3.63) is 170 Å². The van der Waals surface area contributed by atoms with Crippen LogP contribution in [0.1, 0.15) is 6.85 Å². The molecule has 0 unspecified atom stereocenters. The predicted molar refractivity (Wildman–Crippen MR) is 209 cm³/mol. The largest absolute Gasteiger partial charge is 0.309 e. The van der Waals surface area contributed by atoms with Gasteiger partial charge in [-0.15, -0.1) is 11.3 Å². The lowest BCUT2D eigenvalue weighted by Crippen LogP contribution is -2.01. The summed E-state index contributed by atoms with van der Waals surface area (Å²) >= 11 is 1.65. The van der Waals surface area contributed by atoms with Gasteiger partial charge in [0.2, 0.25) is 0 Å². The van der Waals surface area contributed by atoms with Gasteiger partial charge in [-0.3, -0.25) is 0 Å². The van der Waals surface area contributed by atoms with E-state index in [0.717, 1.165) is 64.4 Å². The van der Waals surface area contributed by atoms with E-state index in [1.807, 2.05) is 48.5 Å². The van der Waals surface area contributed by atoms with Gasteiger partial charge in [0.05, 0.1) is 17.9 Å². The van der Waals surface area contributed by atoms with Crippen molar-refractivity contribution in [2.24, 2.45) is 0 Å². The number of hydrogen-bond acceptors (Lipinski definition) is 4. The summed E-state index contributed by atoms with van der Waals surface area (Å²) in [6, 6.07) is 45.2. The molecular weight excluding hydrogens is 629 g/mol. The summed E-state index contributed by atoms with van der Waals surface area (Å²) in [7, 11) is 0. The SMILES string of the molecule is [2H]c1c([2H])c([2H])c(-c2nc(-c3ccccc3)nc(-c3cc(-n4c5ccccc5c5ccccc54)cc4c3sc3cccc(-c5ccccc5)c34)n2)c([2H])c1[2H]. The number of para-hydroxylation sites is 2. The summed E-state index contributed by atoms with van der Waals surface area (Å²) in [6.45, 7) is 0. The van der Waals surface area contributed by atoms with Gasteiger partial charge in [-0.05, 0) is 41.5 Å². The highest BCUT2D eigenvalue weighted by Crippen LogP contribution is 2.46.